The van der Waals surface area contributed by atoms with Crippen molar-refractivity contribution >= 4 is 21.7 Å². The molecule has 0 fully saturated rings. The maximum absolute atomic E-state index is 4.57. The summed E-state index contributed by atoms with van der Waals surface area (Å²) in [5.41, 5.74) is 3.15. The van der Waals surface area contributed by atoms with Crippen molar-refractivity contribution in [3.8, 4) is 11.3 Å². The van der Waals surface area contributed by atoms with Crippen LogP contribution in [0.5, 0.6) is 0 Å². The van der Waals surface area contributed by atoms with E-state index in [0.717, 1.165) is 22.2 Å². The van der Waals surface area contributed by atoms with Crippen molar-refractivity contribution in [1.29, 1.82) is 0 Å². The summed E-state index contributed by atoms with van der Waals surface area (Å²) in [5, 5.41) is 3.52. The molecule has 0 spiro atoms. The molecule has 4 aromatic rings. The summed E-state index contributed by atoms with van der Waals surface area (Å²) >= 11 is 0. The Morgan fingerprint density at radius 2 is 1.45 bits per heavy atom. The molecule has 0 unspecified atom stereocenters. The molecule has 2 aromatic heterocycles. The second-order valence-corrected chi connectivity index (χ2v) is 4.76. The molecule has 2 aromatic carbocycles. The fraction of sp³-hybridized carbons (Fsp3) is 0. The second-order valence-electron chi connectivity index (χ2n) is 4.76. The first-order valence-electron chi connectivity index (χ1n) is 6.61. The first kappa shape index (κ1) is 11.1. The van der Waals surface area contributed by atoms with Gasteiger partial charge in [0.25, 0.3) is 0 Å². The van der Waals surface area contributed by atoms with Gasteiger partial charge in [-0.15, -0.1) is 0 Å². The quantitative estimate of drug-likeness (QED) is 0.470. The summed E-state index contributed by atoms with van der Waals surface area (Å²) in [4.78, 5) is 9.05. The fourth-order valence-corrected chi connectivity index (χ4v) is 2.64. The van der Waals surface area contributed by atoms with Crippen molar-refractivity contribution in [3.63, 3.8) is 0 Å². The van der Waals surface area contributed by atoms with Crippen molar-refractivity contribution in [3.05, 3.63) is 73.1 Å². The zero-order valence-corrected chi connectivity index (χ0v) is 10.8. The normalized spacial score (nSPS) is 11.0. The van der Waals surface area contributed by atoms with Gasteiger partial charge in [-0.05, 0) is 29.7 Å². The van der Waals surface area contributed by atoms with Crippen molar-refractivity contribution in [1.82, 2.24) is 9.97 Å². The number of pyridine rings is 2. The van der Waals surface area contributed by atoms with E-state index in [0.29, 0.717) is 0 Å². The Morgan fingerprint density at radius 3 is 2.35 bits per heavy atom. The SMILES string of the molecule is c1ccc(-c2cc3ccccc3c3ncccc23)nc1. The van der Waals surface area contributed by atoms with E-state index in [2.05, 4.69) is 46.4 Å². The van der Waals surface area contributed by atoms with E-state index in [1.54, 1.807) is 0 Å². The van der Waals surface area contributed by atoms with E-state index in [9.17, 15) is 0 Å². The lowest BCUT2D eigenvalue weighted by atomic mass is 9.98. The molecule has 0 atom stereocenters. The highest BCUT2D eigenvalue weighted by atomic mass is 14.7. The van der Waals surface area contributed by atoms with E-state index >= 15 is 0 Å². The fourth-order valence-electron chi connectivity index (χ4n) is 2.64. The molecule has 0 N–H and O–H groups in total. The first-order valence-corrected chi connectivity index (χ1v) is 6.61. The smallest absolute Gasteiger partial charge is 0.0787 e. The highest BCUT2D eigenvalue weighted by molar-refractivity contribution is 6.11. The molecular weight excluding hydrogens is 244 g/mol. The number of nitrogens with zero attached hydrogens (tertiary/aromatic N) is 2. The van der Waals surface area contributed by atoms with Gasteiger partial charge < -0.3 is 0 Å². The maximum atomic E-state index is 4.57. The van der Waals surface area contributed by atoms with Crippen LogP contribution in [-0.2, 0) is 0 Å². The Kier molecular flexibility index (Phi) is 2.46. The maximum Gasteiger partial charge on any atom is 0.0787 e. The molecule has 0 radical (unpaired) electrons. The van der Waals surface area contributed by atoms with Crippen molar-refractivity contribution in [2.75, 3.05) is 0 Å². The number of hydrogen-bond acceptors (Lipinski definition) is 2. The van der Waals surface area contributed by atoms with Crippen molar-refractivity contribution in [2.45, 2.75) is 0 Å². The Morgan fingerprint density at radius 1 is 0.650 bits per heavy atom. The number of fused-ring (bicyclic) bond motifs is 3. The van der Waals surface area contributed by atoms with Crippen molar-refractivity contribution in [2.24, 2.45) is 0 Å². The minimum Gasteiger partial charge on any atom is -0.256 e. The zero-order chi connectivity index (χ0) is 13.4. The van der Waals surface area contributed by atoms with Gasteiger partial charge in [0.2, 0.25) is 0 Å². The minimum atomic E-state index is 0.983. The van der Waals surface area contributed by atoms with E-state index < -0.39 is 0 Å². The molecule has 2 heteroatoms. The Hall–Kier alpha value is -2.74. The van der Waals surface area contributed by atoms with Gasteiger partial charge in [-0.25, -0.2) is 0 Å². The van der Waals surface area contributed by atoms with Gasteiger partial charge in [-0.3, -0.25) is 9.97 Å². The molecule has 2 nitrogen and oxygen atoms in total. The van der Waals surface area contributed by atoms with Crippen LogP contribution in [0.4, 0.5) is 0 Å². The van der Waals surface area contributed by atoms with Gasteiger partial charge in [0.15, 0.2) is 0 Å². The third-order valence-corrected chi connectivity index (χ3v) is 3.55. The lowest BCUT2D eigenvalue weighted by molar-refractivity contribution is 1.33. The molecule has 0 saturated carbocycles. The molecule has 94 valence electrons. The van der Waals surface area contributed by atoms with Crippen LogP contribution in [-0.4, -0.2) is 9.97 Å². The Balaban J connectivity index is 2.19. The molecule has 0 aliphatic heterocycles. The summed E-state index contributed by atoms with van der Waals surface area (Å²) in [6.45, 7) is 0. The van der Waals surface area contributed by atoms with Crippen LogP contribution in [0.3, 0.4) is 0 Å². The molecule has 0 bridgehead atoms. The van der Waals surface area contributed by atoms with Crippen LogP contribution < -0.4 is 0 Å². The lowest BCUT2D eigenvalue weighted by Gasteiger charge is -2.09. The largest absolute Gasteiger partial charge is 0.256 e. The Bertz CT molecular complexity index is 899. The third kappa shape index (κ3) is 1.66. The van der Waals surface area contributed by atoms with Gasteiger partial charge in [0, 0.05) is 28.7 Å². The topological polar surface area (TPSA) is 25.8 Å². The molecule has 2 heterocycles. The summed E-state index contributed by atoms with van der Waals surface area (Å²) in [6, 6.07) is 20.6. The molecule has 0 aliphatic carbocycles. The highest BCUT2D eigenvalue weighted by Crippen LogP contribution is 2.32. The van der Waals surface area contributed by atoms with Gasteiger partial charge in [-0.2, -0.15) is 0 Å². The predicted molar refractivity (Wildman–Crippen MR) is 82.5 cm³/mol. The lowest BCUT2D eigenvalue weighted by Crippen LogP contribution is -1.88. The van der Waals surface area contributed by atoms with Crippen LogP contribution in [0.15, 0.2) is 73.1 Å². The van der Waals surface area contributed by atoms with Gasteiger partial charge >= 0.3 is 0 Å². The predicted octanol–water partition coefficient (Wildman–Crippen LogP) is 4.45. The summed E-state index contributed by atoms with van der Waals surface area (Å²) in [7, 11) is 0. The monoisotopic (exact) mass is 256 g/mol. The minimum absolute atomic E-state index is 0.983. The van der Waals surface area contributed by atoms with Crippen LogP contribution in [0.25, 0.3) is 32.9 Å². The average molecular weight is 256 g/mol. The van der Waals surface area contributed by atoms with Gasteiger partial charge in [0.1, 0.15) is 0 Å². The zero-order valence-electron chi connectivity index (χ0n) is 10.8. The summed E-state index contributed by atoms with van der Waals surface area (Å²) in [6.07, 6.45) is 3.67. The molecule has 4 rings (SSSR count). The number of aromatic nitrogens is 2. The first-order chi connectivity index (χ1) is 9.93. The van der Waals surface area contributed by atoms with Gasteiger partial charge in [0.05, 0.1) is 11.2 Å². The molecule has 0 saturated heterocycles. The van der Waals surface area contributed by atoms with E-state index in [4.69, 9.17) is 0 Å². The van der Waals surface area contributed by atoms with Crippen LogP contribution in [0.2, 0.25) is 0 Å². The number of hydrogen-bond donors (Lipinski definition) is 0. The molecule has 0 aliphatic rings. The van der Waals surface area contributed by atoms with Gasteiger partial charge in [-0.1, -0.05) is 36.4 Å². The summed E-state index contributed by atoms with van der Waals surface area (Å²) < 4.78 is 0. The number of rotatable bonds is 1. The molecule has 20 heavy (non-hydrogen) atoms. The standard InChI is InChI=1S/C18H12N2/c1-2-7-14-13(6-1)12-16(17-9-3-4-10-19-17)15-8-5-11-20-18(14)15/h1-12H. The van der Waals surface area contributed by atoms with Crippen molar-refractivity contribution < 1.29 is 0 Å². The van der Waals surface area contributed by atoms with E-state index in [-0.39, 0.29) is 0 Å². The van der Waals surface area contributed by atoms with Crippen LogP contribution in [0, 0.1) is 0 Å². The number of benzene rings is 2. The van der Waals surface area contributed by atoms with E-state index in [1.165, 1.54) is 10.8 Å². The second kappa shape index (κ2) is 4.42. The molecular formula is C18H12N2. The molecule has 0 amide bonds. The third-order valence-electron chi connectivity index (χ3n) is 3.55. The summed E-state index contributed by atoms with van der Waals surface area (Å²) in [5.74, 6) is 0. The highest BCUT2D eigenvalue weighted by Gasteiger charge is 2.09. The average Bonchev–Trinajstić information content (AvgIpc) is 2.55. The van der Waals surface area contributed by atoms with Crippen LogP contribution in [0.1, 0.15) is 0 Å². The van der Waals surface area contributed by atoms with Crippen LogP contribution >= 0.6 is 0 Å². The van der Waals surface area contributed by atoms with E-state index in [1.807, 2.05) is 36.7 Å². The Labute approximate surface area is 116 Å².